The van der Waals surface area contributed by atoms with Crippen LogP contribution in [0.15, 0.2) is 24.3 Å². The summed E-state index contributed by atoms with van der Waals surface area (Å²) in [7, 11) is 0. The molecule has 1 aromatic carbocycles. The molecule has 1 aliphatic carbocycles. The van der Waals surface area contributed by atoms with Crippen molar-refractivity contribution in [3.63, 3.8) is 0 Å². The lowest BCUT2D eigenvalue weighted by molar-refractivity contribution is 0.551. The Balaban J connectivity index is 2.10. The van der Waals surface area contributed by atoms with Crippen LogP contribution < -0.4 is 0 Å². The van der Waals surface area contributed by atoms with Crippen LogP contribution in [0.5, 0.6) is 0 Å². The highest BCUT2D eigenvalue weighted by Gasteiger charge is 2.15. The van der Waals surface area contributed by atoms with Gasteiger partial charge in [0.2, 0.25) is 0 Å². The molecule has 0 bridgehead atoms. The zero-order valence-corrected chi connectivity index (χ0v) is 8.34. The fraction of sp³-hybridized carbons (Fsp3) is 0.462. The van der Waals surface area contributed by atoms with Crippen molar-refractivity contribution in [1.82, 2.24) is 0 Å². The summed E-state index contributed by atoms with van der Waals surface area (Å²) in [4.78, 5) is 0. The van der Waals surface area contributed by atoms with E-state index in [0.717, 1.165) is 0 Å². The van der Waals surface area contributed by atoms with E-state index < -0.39 is 0 Å². The average molecular weight is 173 g/mol. The summed E-state index contributed by atoms with van der Waals surface area (Å²) in [5.41, 5.74) is 2.84. The van der Waals surface area contributed by atoms with E-state index in [9.17, 15) is 0 Å². The molecule has 1 saturated carbocycles. The Hall–Kier alpha value is -0.780. The van der Waals surface area contributed by atoms with Gasteiger partial charge in [-0.1, -0.05) is 49.1 Å². The lowest BCUT2D eigenvalue weighted by atomic mass is 9.84. The normalized spacial score (nSPS) is 18.8. The van der Waals surface area contributed by atoms with Gasteiger partial charge in [-0.15, -0.1) is 0 Å². The standard InChI is InChI=1S/C13H17/c1-11-7-9-13(10-8-11)12-5-3-2-4-6-12/h7-10H,2-6H2,1H3. The highest BCUT2D eigenvalue weighted by Crippen LogP contribution is 2.31. The zero-order chi connectivity index (χ0) is 9.10. The molecule has 1 aromatic rings. The van der Waals surface area contributed by atoms with Crippen LogP contribution in [-0.4, -0.2) is 0 Å². The highest BCUT2D eigenvalue weighted by molar-refractivity contribution is 5.33. The molecule has 0 heterocycles. The lowest BCUT2D eigenvalue weighted by Gasteiger charge is -2.21. The van der Waals surface area contributed by atoms with E-state index in [1.54, 1.807) is 5.92 Å². The number of hydrogen-bond acceptors (Lipinski definition) is 0. The van der Waals surface area contributed by atoms with Gasteiger partial charge in [-0.3, -0.25) is 0 Å². The molecule has 0 N–H and O–H groups in total. The van der Waals surface area contributed by atoms with Gasteiger partial charge in [-0.05, 0) is 25.3 Å². The van der Waals surface area contributed by atoms with Crippen molar-refractivity contribution in [3.05, 3.63) is 41.3 Å². The van der Waals surface area contributed by atoms with Gasteiger partial charge in [0.25, 0.3) is 0 Å². The summed E-state index contributed by atoms with van der Waals surface area (Å²) < 4.78 is 0. The largest absolute Gasteiger partial charge is 0.0590 e. The van der Waals surface area contributed by atoms with Gasteiger partial charge >= 0.3 is 0 Å². The van der Waals surface area contributed by atoms with E-state index in [4.69, 9.17) is 0 Å². The minimum atomic E-state index is 1.32. The van der Waals surface area contributed by atoms with Crippen LogP contribution in [0, 0.1) is 12.8 Å². The average Bonchev–Trinajstić information content (AvgIpc) is 2.20. The smallest absolute Gasteiger partial charge is 0.00498 e. The minimum Gasteiger partial charge on any atom is -0.0590 e. The fourth-order valence-electron chi connectivity index (χ4n) is 2.06. The van der Waals surface area contributed by atoms with E-state index in [0.29, 0.717) is 0 Å². The second-order valence-electron chi connectivity index (χ2n) is 4.03. The van der Waals surface area contributed by atoms with E-state index in [1.807, 2.05) is 0 Å². The van der Waals surface area contributed by atoms with E-state index >= 15 is 0 Å². The maximum atomic E-state index is 2.27. The molecule has 0 saturated heterocycles. The number of aryl methyl sites for hydroxylation is 1. The van der Waals surface area contributed by atoms with Crippen LogP contribution in [-0.2, 0) is 0 Å². The lowest BCUT2D eigenvalue weighted by Crippen LogP contribution is -2.05. The number of benzene rings is 1. The third kappa shape index (κ3) is 2.12. The van der Waals surface area contributed by atoms with Crippen molar-refractivity contribution in [2.24, 2.45) is 0 Å². The molecule has 13 heavy (non-hydrogen) atoms. The molecule has 0 aromatic heterocycles. The highest BCUT2D eigenvalue weighted by atomic mass is 14.2. The van der Waals surface area contributed by atoms with Crippen LogP contribution in [0.25, 0.3) is 0 Å². The van der Waals surface area contributed by atoms with Gasteiger partial charge in [0.15, 0.2) is 0 Å². The van der Waals surface area contributed by atoms with Crippen molar-refractivity contribution in [1.29, 1.82) is 0 Å². The molecule has 69 valence electrons. The molecule has 1 fully saturated rings. The monoisotopic (exact) mass is 173 g/mol. The summed E-state index contributed by atoms with van der Waals surface area (Å²) in [5.74, 6) is 1.67. The van der Waals surface area contributed by atoms with Crippen molar-refractivity contribution in [2.45, 2.75) is 39.0 Å². The molecular formula is C13H17. The summed E-state index contributed by atoms with van der Waals surface area (Å²) >= 11 is 0. The van der Waals surface area contributed by atoms with E-state index in [2.05, 4.69) is 31.2 Å². The molecule has 1 radical (unpaired) electrons. The maximum Gasteiger partial charge on any atom is 0.00498 e. The topological polar surface area (TPSA) is 0 Å². The molecule has 2 rings (SSSR count). The van der Waals surface area contributed by atoms with Crippen LogP contribution in [0.4, 0.5) is 0 Å². The quantitative estimate of drug-likeness (QED) is 0.604. The molecule has 0 atom stereocenters. The first-order valence-corrected chi connectivity index (χ1v) is 5.28. The minimum absolute atomic E-state index is 1.32. The van der Waals surface area contributed by atoms with Crippen molar-refractivity contribution in [3.8, 4) is 0 Å². The third-order valence-electron chi connectivity index (χ3n) is 2.92. The summed E-state index contributed by atoms with van der Waals surface area (Å²) in [6.45, 7) is 2.15. The number of rotatable bonds is 1. The van der Waals surface area contributed by atoms with Crippen molar-refractivity contribution in [2.75, 3.05) is 0 Å². The van der Waals surface area contributed by atoms with Gasteiger partial charge in [0.05, 0.1) is 0 Å². The Kier molecular flexibility index (Phi) is 2.68. The van der Waals surface area contributed by atoms with Crippen LogP contribution in [0.1, 0.15) is 43.2 Å². The van der Waals surface area contributed by atoms with Gasteiger partial charge in [-0.25, -0.2) is 0 Å². The first-order chi connectivity index (χ1) is 6.36. The first kappa shape index (κ1) is 8.80. The second-order valence-corrected chi connectivity index (χ2v) is 4.03. The SMILES string of the molecule is Cc1ccc([C]2CCCCC2)cc1. The Morgan fingerprint density at radius 3 is 2.08 bits per heavy atom. The molecule has 0 amide bonds. The molecule has 0 spiro atoms. The first-order valence-electron chi connectivity index (χ1n) is 5.28. The van der Waals surface area contributed by atoms with E-state index in [-0.39, 0.29) is 0 Å². The summed E-state index contributed by atoms with van der Waals surface area (Å²) in [6, 6.07) is 8.99. The van der Waals surface area contributed by atoms with Crippen molar-refractivity contribution >= 4 is 0 Å². The van der Waals surface area contributed by atoms with Crippen LogP contribution >= 0.6 is 0 Å². The molecule has 0 unspecified atom stereocenters. The zero-order valence-electron chi connectivity index (χ0n) is 8.34. The Labute approximate surface area is 81.0 Å². The van der Waals surface area contributed by atoms with E-state index in [1.165, 1.54) is 43.2 Å². The van der Waals surface area contributed by atoms with Crippen molar-refractivity contribution < 1.29 is 0 Å². The summed E-state index contributed by atoms with van der Waals surface area (Å²) in [6.07, 6.45) is 6.86. The maximum absolute atomic E-state index is 2.27. The van der Waals surface area contributed by atoms with Crippen LogP contribution in [0.2, 0.25) is 0 Å². The van der Waals surface area contributed by atoms with Gasteiger partial charge in [0, 0.05) is 5.92 Å². The fourth-order valence-corrected chi connectivity index (χ4v) is 2.06. The second kappa shape index (κ2) is 3.95. The Morgan fingerprint density at radius 2 is 1.46 bits per heavy atom. The third-order valence-corrected chi connectivity index (χ3v) is 2.92. The molecule has 0 nitrogen and oxygen atoms in total. The predicted molar refractivity (Wildman–Crippen MR) is 56.6 cm³/mol. The Morgan fingerprint density at radius 1 is 0.846 bits per heavy atom. The van der Waals surface area contributed by atoms with Crippen LogP contribution in [0.3, 0.4) is 0 Å². The molecule has 0 heteroatoms. The van der Waals surface area contributed by atoms with Gasteiger partial charge in [-0.2, -0.15) is 0 Å². The number of hydrogen-bond donors (Lipinski definition) is 0. The van der Waals surface area contributed by atoms with Gasteiger partial charge in [0.1, 0.15) is 0 Å². The molecule has 1 aliphatic rings. The Bertz CT molecular complexity index is 252. The molecule has 0 aliphatic heterocycles. The predicted octanol–water partition coefficient (Wildman–Crippen LogP) is 3.88. The molecular weight excluding hydrogens is 156 g/mol. The van der Waals surface area contributed by atoms with Gasteiger partial charge < -0.3 is 0 Å². The summed E-state index contributed by atoms with van der Waals surface area (Å²) in [5, 5.41) is 0.